The number of aryl methyl sites for hydroxylation is 1. The van der Waals surface area contributed by atoms with Crippen molar-refractivity contribution in [1.29, 1.82) is 0 Å². The van der Waals surface area contributed by atoms with E-state index in [1.807, 2.05) is 72.3 Å². The molecule has 2 amide bonds. The molecular weight excluding hydrogens is 488 g/mol. The minimum absolute atomic E-state index is 0.0219. The maximum absolute atomic E-state index is 13.6. The molecule has 0 spiro atoms. The fourth-order valence-electron chi connectivity index (χ4n) is 5.57. The van der Waals surface area contributed by atoms with Gasteiger partial charge in [-0.3, -0.25) is 14.3 Å². The van der Waals surface area contributed by atoms with E-state index < -0.39 is 0 Å². The molecule has 39 heavy (non-hydrogen) atoms. The first-order valence-electron chi connectivity index (χ1n) is 13.0. The Bertz CT molecular complexity index is 1700. The van der Waals surface area contributed by atoms with Crippen LogP contribution in [0.3, 0.4) is 0 Å². The Labute approximate surface area is 226 Å². The first-order valence-corrected chi connectivity index (χ1v) is 13.0. The zero-order valence-corrected chi connectivity index (χ0v) is 21.9. The third kappa shape index (κ3) is 4.65. The number of anilines is 2. The van der Waals surface area contributed by atoms with Crippen LogP contribution in [0.2, 0.25) is 0 Å². The Morgan fingerprint density at radius 2 is 1.92 bits per heavy atom. The molecule has 0 fully saturated rings. The number of hydrogen-bond acceptors (Lipinski definition) is 4. The predicted octanol–water partition coefficient (Wildman–Crippen LogP) is 5.32. The molecule has 2 aromatic heterocycles. The lowest BCUT2D eigenvalue weighted by atomic mass is 9.95. The Balaban J connectivity index is 1.41. The fourth-order valence-corrected chi connectivity index (χ4v) is 5.57. The Hall–Kier alpha value is -4.85. The molecule has 1 atom stereocenters. The zero-order chi connectivity index (χ0) is 27.1. The Kier molecular flexibility index (Phi) is 6.15. The van der Waals surface area contributed by atoms with Gasteiger partial charge in [-0.15, -0.1) is 0 Å². The molecule has 0 saturated carbocycles. The molecule has 0 aliphatic carbocycles. The summed E-state index contributed by atoms with van der Waals surface area (Å²) in [5.74, 6) is -0.407. The number of nitrogens with zero attached hydrogens (tertiary/aromatic N) is 3. The van der Waals surface area contributed by atoms with Crippen molar-refractivity contribution in [3.8, 4) is 0 Å². The molecule has 196 valence electrons. The molecule has 0 saturated heterocycles. The topological polar surface area (TPSA) is 109 Å². The van der Waals surface area contributed by atoms with Crippen LogP contribution in [0.15, 0.2) is 79.0 Å². The number of amides is 2. The molecule has 1 aliphatic heterocycles. The average Bonchev–Trinajstić information content (AvgIpc) is 3.57. The number of rotatable bonds is 5. The van der Waals surface area contributed by atoms with E-state index in [4.69, 9.17) is 10.8 Å². The number of hydrogen-bond donors (Lipinski definition) is 3. The molecular formula is C31H30N6O2. The maximum atomic E-state index is 13.6. The highest BCUT2D eigenvalue weighted by Crippen LogP contribution is 2.33. The largest absolute Gasteiger partial charge is 0.399 e. The molecule has 0 bridgehead atoms. The number of aromatic amines is 1. The van der Waals surface area contributed by atoms with Gasteiger partial charge < -0.3 is 20.9 Å². The number of nitrogens with one attached hydrogen (secondary N) is 2. The van der Waals surface area contributed by atoms with E-state index in [9.17, 15) is 9.59 Å². The van der Waals surface area contributed by atoms with Crippen molar-refractivity contribution in [3.63, 3.8) is 0 Å². The zero-order valence-electron chi connectivity index (χ0n) is 21.9. The average molecular weight is 519 g/mol. The van der Waals surface area contributed by atoms with Crippen LogP contribution < -0.4 is 11.1 Å². The van der Waals surface area contributed by atoms with Crippen LogP contribution in [0.4, 0.5) is 11.4 Å². The van der Waals surface area contributed by atoms with Crippen LogP contribution >= 0.6 is 0 Å². The molecule has 3 aromatic carbocycles. The van der Waals surface area contributed by atoms with Gasteiger partial charge in [0.05, 0.1) is 13.1 Å². The van der Waals surface area contributed by atoms with Gasteiger partial charge in [0.25, 0.3) is 11.8 Å². The van der Waals surface area contributed by atoms with Gasteiger partial charge in [-0.05, 0) is 65.2 Å². The van der Waals surface area contributed by atoms with Crippen LogP contribution in [0.25, 0.3) is 10.8 Å². The van der Waals surface area contributed by atoms with Crippen LogP contribution in [0.1, 0.15) is 56.2 Å². The van der Waals surface area contributed by atoms with E-state index in [0.717, 1.165) is 33.2 Å². The fraction of sp³-hybridized carbons (Fsp3) is 0.194. The highest BCUT2D eigenvalue weighted by atomic mass is 16.2. The van der Waals surface area contributed by atoms with Crippen LogP contribution in [0, 0.1) is 6.92 Å². The van der Waals surface area contributed by atoms with Crippen molar-refractivity contribution in [3.05, 3.63) is 113 Å². The molecule has 8 nitrogen and oxygen atoms in total. The van der Waals surface area contributed by atoms with E-state index >= 15 is 0 Å². The first-order chi connectivity index (χ1) is 18.9. The summed E-state index contributed by atoms with van der Waals surface area (Å²) < 4.78 is 1.94. The van der Waals surface area contributed by atoms with Crippen molar-refractivity contribution in [2.24, 2.45) is 0 Å². The standard InChI is InChI=1S/C31H30N6O2/c1-19-6-3-9-24(14-19)34-30(38)28-26-18-36(31(39)27-10-5-13-33-27)16-20(2)29(26)37(35-28)17-22-8-4-7-21-15-23(32)11-12-25(21)22/h3-15,20,33H,16-18,32H2,1-2H3,(H,34,38)/t20-/m1/s1. The third-order valence-corrected chi connectivity index (χ3v) is 7.33. The highest BCUT2D eigenvalue weighted by Gasteiger charge is 2.34. The van der Waals surface area contributed by atoms with Crippen molar-refractivity contribution in [2.45, 2.75) is 32.9 Å². The van der Waals surface area contributed by atoms with Crippen molar-refractivity contribution in [2.75, 3.05) is 17.6 Å². The predicted molar refractivity (Wildman–Crippen MR) is 153 cm³/mol. The van der Waals surface area contributed by atoms with Crippen molar-refractivity contribution >= 4 is 34.0 Å². The summed E-state index contributed by atoms with van der Waals surface area (Å²) in [6, 6.07) is 23.3. The molecule has 6 rings (SSSR count). The summed E-state index contributed by atoms with van der Waals surface area (Å²) in [5.41, 5.74) is 12.2. The second kappa shape index (κ2) is 9.79. The first kappa shape index (κ1) is 24.5. The van der Waals surface area contributed by atoms with E-state index in [1.54, 1.807) is 17.2 Å². The summed E-state index contributed by atoms with van der Waals surface area (Å²) in [6.45, 7) is 5.39. The lowest BCUT2D eigenvalue weighted by Crippen LogP contribution is -2.38. The second-order valence-electron chi connectivity index (χ2n) is 10.3. The van der Waals surface area contributed by atoms with Gasteiger partial charge in [0.2, 0.25) is 0 Å². The summed E-state index contributed by atoms with van der Waals surface area (Å²) in [7, 11) is 0. The number of aromatic nitrogens is 3. The number of nitrogen functional groups attached to an aromatic ring is 1. The van der Waals surface area contributed by atoms with Crippen LogP contribution in [-0.2, 0) is 13.1 Å². The number of carbonyl (C=O) groups is 2. The lowest BCUT2D eigenvalue weighted by Gasteiger charge is -2.32. The number of carbonyl (C=O) groups excluding carboxylic acids is 2. The summed E-state index contributed by atoms with van der Waals surface area (Å²) in [5, 5.41) is 10.0. The van der Waals surface area contributed by atoms with Gasteiger partial charge in [-0.2, -0.15) is 5.10 Å². The quantitative estimate of drug-likeness (QED) is 0.274. The van der Waals surface area contributed by atoms with E-state index in [2.05, 4.69) is 23.3 Å². The number of H-pyrrole nitrogens is 1. The van der Waals surface area contributed by atoms with Crippen molar-refractivity contribution < 1.29 is 9.59 Å². The molecule has 0 radical (unpaired) electrons. The van der Waals surface area contributed by atoms with E-state index in [1.165, 1.54) is 0 Å². The minimum atomic E-state index is -0.289. The van der Waals surface area contributed by atoms with Gasteiger partial charge in [0, 0.05) is 41.3 Å². The Morgan fingerprint density at radius 1 is 1.08 bits per heavy atom. The molecule has 5 aromatic rings. The van der Waals surface area contributed by atoms with Crippen LogP contribution in [-0.4, -0.2) is 38.0 Å². The normalized spacial score (nSPS) is 14.8. The summed E-state index contributed by atoms with van der Waals surface area (Å²) in [4.78, 5) is 31.7. The second-order valence-corrected chi connectivity index (χ2v) is 10.3. The minimum Gasteiger partial charge on any atom is -0.399 e. The van der Waals surface area contributed by atoms with Crippen LogP contribution in [0.5, 0.6) is 0 Å². The lowest BCUT2D eigenvalue weighted by molar-refractivity contribution is 0.0711. The smallest absolute Gasteiger partial charge is 0.276 e. The molecule has 0 unspecified atom stereocenters. The van der Waals surface area contributed by atoms with E-state index in [-0.39, 0.29) is 17.7 Å². The molecule has 4 N–H and O–H groups in total. The van der Waals surface area contributed by atoms with Gasteiger partial charge in [0.15, 0.2) is 5.69 Å². The van der Waals surface area contributed by atoms with E-state index in [0.29, 0.717) is 42.4 Å². The SMILES string of the molecule is Cc1cccc(NC(=O)c2nn(Cc3cccc4cc(N)ccc34)c3c2CN(C(=O)c2ccc[nH]2)C[C@H]3C)c1. The highest BCUT2D eigenvalue weighted by molar-refractivity contribution is 6.04. The van der Waals surface area contributed by atoms with Gasteiger partial charge in [0.1, 0.15) is 5.69 Å². The molecule has 8 heteroatoms. The monoisotopic (exact) mass is 518 g/mol. The van der Waals surface area contributed by atoms with Gasteiger partial charge >= 0.3 is 0 Å². The summed E-state index contributed by atoms with van der Waals surface area (Å²) in [6.07, 6.45) is 1.74. The summed E-state index contributed by atoms with van der Waals surface area (Å²) >= 11 is 0. The molecule has 3 heterocycles. The van der Waals surface area contributed by atoms with Gasteiger partial charge in [-0.1, -0.05) is 43.3 Å². The van der Waals surface area contributed by atoms with Gasteiger partial charge in [-0.25, -0.2) is 0 Å². The Morgan fingerprint density at radius 3 is 2.72 bits per heavy atom. The molecule has 1 aliphatic rings. The van der Waals surface area contributed by atoms with Crippen molar-refractivity contribution in [1.82, 2.24) is 19.7 Å². The number of nitrogens with two attached hydrogens (primary N) is 1. The third-order valence-electron chi connectivity index (χ3n) is 7.33. The number of fused-ring (bicyclic) bond motifs is 2. The maximum Gasteiger partial charge on any atom is 0.276 e. The number of benzene rings is 3.